The van der Waals surface area contributed by atoms with Crippen molar-refractivity contribution >= 4 is 11.7 Å². The highest BCUT2D eigenvalue weighted by Gasteiger charge is 2.24. The van der Waals surface area contributed by atoms with Crippen LogP contribution in [-0.2, 0) is 11.3 Å². The Morgan fingerprint density at radius 1 is 1.09 bits per heavy atom. The molecule has 0 fully saturated rings. The molecule has 1 aromatic heterocycles. The van der Waals surface area contributed by atoms with Crippen LogP contribution in [0.5, 0.6) is 0 Å². The molecule has 122 valence electrons. The molecule has 0 spiro atoms. The molecule has 0 saturated carbocycles. The zero-order valence-electron chi connectivity index (χ0n) is 14.1. The number of carbonyl (C=O) groups excluding carboxylic acids is 1. The zero-order valence-corrected chi connectivity index (χ0v) is 14.1. The van der Waals surface area contributed by atoms with Crippen molar-refractivity contribution in [1.82, 2.24) is 4.98 Å². The van der Waals surface area contributed by atoms with E-state index in [1.807, 2.05) is 41.3 Å². The average molecular weight is 310 g/mol. The predicted molar refractivity (Wildman–Crippen MR) is 95.2 cm³/mol. The van der Waals surface area contributed by atoms with Gasteiger partial charge in [0.1, 0.15) is 5.82 Å². The monoisotopic (exact) mass is 310 g/mol. The lowest BCUT2D eigenvalue weighted by atomic mass is 9.97. The number of aromatic nitrogens is 1. The van der Waals surface area contributed by atoms with Crippen molar-refractivity contribution in [3.05, 3.63) is 60.3 Å². The van der Waals surface area contributed by atoms with Crippen LogP contribution in [0.2, 0.25) is 0 Å². The van der Waals surface area contributed by atoms with Crippen molar-refractivity contribution in [2.45, 2.75) is 46.1 Å². The first-order valence-corrected chi connectivity index (χ1v) is 8.52. The molecule has 0 N–H and O–H groups in total. The number of nitrogens with zero attached hydrogens (tertiary/aromatic N) is 2. The SMILES string of the molecule is CCCCC(CC)C(=O)N(Cc1ccccc1)c1ccccn1. The Morgan fingerprint density at radius 2 is 1.83 bits per heavy atom. The number of rotatable bonds is 8. The Labute approximate surface area is 139 Å². The fraction of sp³-hybridized carbons (Fsp3) is 0.400. The van der Waals surface area contributed by atoms with E-state index in [1.54, 1.807) is 6.20 Å². The number of hydrogen-bond donors (Lipinski definition) is 0. The molecule has 0 aliphatic carbocycles. The van der Waals surface area contributed by atoms with Gasteiger partial charge >= 0.3 is 0 Å². The minimum Gasteiger partial charge on any atom is -0.292 e. The maximum absolute atomic E-state index is 13.1. The van der Waals surface area contributed by atoms with E-state index in [2.05, 4.69) is 31.0 Å². The summed E-state index contributed by atoms with van der Waals surface area (Å²) in [6.45, 7) is 4.83. The molecule has 1 unspecified atom stereocenters. The summed E-state index contributed by atoms with van der Waals surface area (Å²) in [6, 6.07) is 15.8. The Bertz CT molecular complexity index is 583. The summed E-state index contributed by atoms with van der Waals surface area (Å²) in [6.07, 6.45) is 5.77. The molecule has 0 aliphatic heterocycles. The highest BCUT2D eigenvalue weighted by Crippen LogP contribution is 2.22. The summed E-state index contributed by atoms with van der Waals surface area (Å²) in [5, 5.41) is 0. The summed E-state index contributed by atoms with van der Waals surface area (Å²) in [5.41, 5.74) is 1.12. The molecular formula is C20H26N2O. The van der Waals surface area contributed by atoms with Gasteiger partial charge in [-0.25, -0.2) is 4.98 Å². The first-order chi connectivity index (χ1) is 11.3. The third kappa shape index (κ3) is 4.92. The number of unbranched alkanes of at least 4 members (excludes halogenated alkanes) is 1. The second-order valence-electron chi connectivity index (χ2n) is 5.85. The van der Waals surface area contributed by atoms with Gasteiger partial charge in [0.15, 0.2) is 0 Å². The van der Waals surface area contributed by atoms with Crippen LogP contribution in [0.3, 0.4) is 0 Å². The smallest absolute Gasteiger partial charge is 0.231 e. The minimum atomic E-state index is 0.0701. The molecule has 2 aromatic rings. The van der Waals surface area contributed by atoms with Crippen molar-refractivity contribution in [3.63, 3.8) is 0 Å². The van der Waals surface area contributed by atoms with Gasteiger partial charge in [0.2, 0.25) is 5.91 Å². The summed E-state index contributed by atoms with van der Waals surface area (Å²) in [4.78, 5) is 19.3. The van der Waals surface area contributed by atoms with Crippen LogP contribution in [-0.4, -0.2) is 10.9 Å². The number of anilines is 1. The van der Waals surface area contributed by atoms with E-state index in [1.165, 1.54) is 0 Å². The van der Waals surface area contributed by atoms with Crippen molar-refractivity contribution in [1.29, 1.82) is 0 Å². The lowest BCUT2D eigenvalue weighted by Crippen LogP contribution is -2.36. The Kier molecular flexibility index (Phi) is 6.79. The summed E-state index contributed by atoms with van der Waals surface area (Å²) < 4.78 is 0. The van der Waals surface area contributed by atoms with Crippen LogP contribution < -0.4 is 4.90 Å². The van der Waals surface area contributed by atoms with Gasteiger partial charge in [0.25, 0.3) is 0 Å². The highest BCUT2D eigenvalue weighted by molar-refractivity contribution is 5.94. The highest BCUT2D eigenvalue weighted by atomic mass is 16.2. The number of benzene rings is 1. The van der Waals surface area contributed by atoms with E-state index >= 15 is 0 Å². The largest absolute Gasteiger partial charge is 0.292 e. The first kappa shape index (κ1) is 17.2. The fourth-order valence-corrected chi connectivity index (χ4v) is 2.72. The number of carbonyl (C=O) groups is 1. The van der Waals surface area contributed by atoms with E-state index in [4.69, 9.17) is 0 Å². The molecule has 1 atom stereocenters. The van der Waals surface area contributed by atoms with Crippen LogP contribution in [0.4, 0.5) is 5.82 Å². The number of pyridine rings is 1. The standard InChI is InChI=1S/C20H26N2O/c1-3-5-13-18(4-2)20(23)22(19-14-9-10-15-21-19)16-17-11-7-6-8-12-17/h6-12,14-15,18H,3-5,13,16H2,1-2H3. The lowest BCUT2D eigenvalue weighted by molar-refractivity contribution is -0.122. The maximum atomic E-state index is 13.1. The van der Waals surface area contributed by atoms with E-state index in [0.717, 1.165) is 37.1 Å². The molecule has 2 rings (SSSR count). The molecular weight excluding hydrogens is 284 g/mol. The fourth-order valence-electron chi connectivity index (χ4n) is 2.72. The topological polar surface area (TPSA) is 33.2 Å². The maximum Gasteiger partial charge on any atom is 0.231 e. The van der Waals surface area contributed by atoms with Gasteiger partial charge in [-0.15, -0.1) is 0 Å². The zero-order chi connectivity index (χ0) is 16.5. The Morgan fingerprint density at radius 3 is 2.43 bits per heavy atom. The third-order valence-corrected chi connectivity index (χ3v) is 4.12. The van der Waals surface area contributed by atoms with Crippen molar-refractivity contribution < 1.29 is 4.79 Å². The molecule has 0 saturated heterocycles. The average Bonchev–Trinajstić information content (AvgIpc) is 2.62. The van der Waals surface area contributed by atoms with Crippen molar-refractivity contribution in [2.24, 2.45) is 5.92 Å². The lowest BCUT2D eigenvalue weighted by Gasteiger charge is -2.26. The molecule has 0 aliphatic rings. The van der Waals surface area contributed by atoms with Gasteiger partial charge in [0, 0.05) is 12.1 Å². The molecule has 1 heterocycles. The van der Waals surface area contributed by atoms with Crippen LogP contribution in [0.25, 0.3) is 0 Å². The molecule has 1 amide bonds. The molecule has 1 aromatic carbocycles. The van der Waals surface area contributed by atoms with Crippen LogP contribution >= 0.6 is 0 Å². The van der Waals surface area contributed by atoms with Gasteiger partial charge in [-0.2, -0.15) is 0 Å². The quantitative estimate of drug-likeness (QED) is 0.699. The van der Waals surface area contributed by atoms with Gasteiger partial charge in [-0.05, 0) is 30.5 Å². The molecule has 23 heavy (non-hydrogen) atoms. The summed E-state index contributed by atoms with van der Waals surface area (Å²) in [7, 11) is 0. The van der Waals surface area contributed by atoms with Crippen LogP contribution in [0, 0.1) is 5.92 Å². The molecule has 3 heteroatoms. The van der Waals surface area contributed by atoms with Gasteiger partial charge in [0.05, 0.1) is 6.54 Å². The van der Waals surface area contributed by atoms with E-state index < -0.39 is 0 Å². The van der Waals surface area contributed by atoms with E-state index in [9.17, 15) is 4.79 Å². The van der Waals surface area contributed by atoms with Crippen LogP contribution in [0.15, 0.2) is 54.7 Å². The summed E-state index contributed by atoms with van der Waals surface area (Å²) >= 11 is 0. The third-order valence-electron chi connectivity index (χ3n) is 4.12. The normalized spacial score (nSPS) is 11.9. The van der Waals surface area contributed by atoms with Crippen LogP contribution in [0.1, 0.15) is 45.1 Å². The Hall–Kier alpha value is -2.16. The van der Waals surface area contributed by atoms with E-state index in [0.29, 0.717) is 6.54 Å². The predicted octanol–water partition coefficient (Wildman–Crippen LogP) is 4.83. The molecule has 0 bridgehead atoms. The van der Waals surface area contributed by atoms with Gasteiger partial charge < -0.3 is 0 Å². The summed E-state index contributed by atoms with van der Waals surface area (Å²) in [5.74, 6) is 0.987. The number of amides is 1. The first-order valence-electron chi connectivity index (χ1n) is 8.52. The van der Waals surface area contributed by atoms with E-state index in [-0.39, 0.29) is 11.8 Å². The Balaban J connectivity index is 2.24. The minimum absolute atomic E-state index is 0.0701. The second-order valence-corrected chi connectivity index (χ2v) is 5.85. The molecule has 3 nitrogen and oxygen atoms in total. The van der Waals surface area contributed by atoms with Crippen molar-refractivity contribution in [3.8, 4) is 0 Å². The molecule has 0 radical (unpaired) electrons. The number of hydrogen-bond acceptors (Lipinski definition) is 2. The van der Waals surface area contributed by atoms with Gasteiger partial charge in [-0.3, -0.25) is 9.69 Å². The van der Waals surface area contributed by atoms with Crippen molar-refractivity contribution in [2.75, 3.05) is 4.90 Å². The second kappa shape index (κ2) is 9.09. The van der Waals surface area contributed by atoms with Gasteiger partial charge in [-0.1, -0.05) is 63.1 Å².